The highest BCUT2D eigenvalue weighted by Crippen LogP contribution is 2.35. The maximum absolute atomic E-state index is 14.1. The molecule has 0 saturated carbocycles. The van der Waals surface area contributed by atoms with E-state index in [2.05, 4.69) is 5.32 Å². The maximum atomic E-state index is 14.1. The molecule has 0 unspecified atom stereocenters. The average molecular weight is 523 g/mol. The van der Waals surface area contributed by atoms with Crippen molar-refractivity contribution in [2.45, 2.75) is 38.9 Å². The fourth-order valence-electron chi connectivity index (χ4n) is 4.21. The number of fused-ring (bicyclic) bond motifs is 1. The van der Waals surface area contributed by atoms with Gasteiger partial charge in [-0.05, 0) is 74.4 Å². The molecule has 2 amide bonds. The van der Waals surface area contributed by atoms with Crippen LogP contribution in [-0.2, 0) is 11.3 Å². The maximum Gasteiger partial charge on any atom is 0.255 e. The van der Waals surface area contributed by atoms with Gasteiger partial charge in [-0.2, -0.15) is 0 Å². The first-order chi connectivity index (χ1) is 18.1. The number of carbonyl (C=O) groups excluding carboxylic acids is 2. The van der Waals surface area contributed by atoms with Gasteiger partial charge < -0.3 is 29.2 Å². The van der Waals surface area contributed by atoms with E-state index in [9.17, 15) is 14.0 Å². The highest BCUT2D eigenvalue weighted by Gasteiger charge is 2.34. The van der Waals surface area contributed by atoms with Gasteiger partial charge in [-0.25, -0.2) is 4.39 Å². The summed E-state index contributed by atoms with van der Waals surface area (Å²) in [6.07, 6.45) is 0. The van der Waals surface area contributed by atoms with Gasteiger partial charge in [-0.1, -0.05) is 18.2 Å². The van der Waals surface area contributed by atoms with Crippen molar-refractivity contribution >= 4 is 11.8 Å². The van der Waals surface area contributed by atoms with Crippen LogP contribution in [0.2, 0.25) is 0 Å². The molecule has 200 valence electrons. The molecule has 9 heteroatoms. The topological polar surface area (TPSA) is 86.3 Å². The lowest BCUT2D eigenvalue weighted by Crippen LogP contribution is -2.49. The van der Waals surface area contributed by atoms with E-state index in [4.69, 9.17) is 18.9 Å². The molecule has 1 aliphatic rings. The molecule has 0 radical (unpaired) electrons. The molecule has 0 saturated heterocycles. The molecular formula is C29H31FN2O6. The molecule has 0 bridgehead atoms. The summed E-state index contributed by atoms with van der Waals surface area (Å²) in [6.45, 7) is 5.73. The van der Waals surface area contributed by atoms with Gasteiger partial charge in [0.05, 0.1) is 14.2 Å². The van der Waals surface area contributed by atoms with Gasteiger partial charge in [0.2, 0.25) is 12.7 Å². The first-order valence-electron chi connectivity index (χ1n) is 12.1. The second-order valence-corrected chi connectivity index (χ2v) is 9.88. The molecule has 1 N–H and O–H groups in total. The zero-order valence-corrected chi connectivity index (χ0v) is 22.0. The number of nitrogens with zero attached hydrogens (tertiary/aromatic N) is 1. The predicted octanol–water partition coefficient (Wildman–Crippen LogP) is 4.87. The van der Waals surface area contributed by atoms with Gasteiger partial charge in [0.25, 0.3) is 5.91 Å². The smallest absolute Gasteiger partial charge is 0.255 e. The van der Waals surface area contributed by atoms with Gasteiger partial charge in [0.1, 0.15) is 11.9 Å². The Kier molecular flexibility index (Phi) is 7.75. The van der Waals surface area contributed by atoms with Crippen molar-refractivity contribution in [1.82, 2.24) is 10.2 Å². The molecule has 0 fully saturated rings. The van der Waals surface area contributed by atoms with E-state index < -0.39 is 29.2 Å². The van der Waals surface area contributed by atoms with Crippen LogP contribution in [0.3, 0.4) is 0 Å². The van der Waals surface area contributed by atoms with Crippen molar-refractivity contribution in [2.24, 2.45) is 0 Å². The molecule has 8 nitrogen and oxygen atoms in total. The normalized spacial score (nSPS) is 13.0. The number of amides is 2. The molecular weight excluding hydrogens is 491 g/mol. The van der Waals surface area contributed by atoms with Gasteiger partial charge in [-0.15, -0.1) is 0 Å². The van der Waals surface area contributed by atoms with Crippen LogP contribution >= 0.6 is 0 Å². The second-order valence-electron chi connectivity index (χ2n) is 9.88. The highest BCUT2D eigenvalue weighted by molar-refractivity contribution is 5.98. The summed E-state index contributed by atoms with van der Waals surface area (Å²) in [4.78, 5) is 29.3. The van der Waals surface area contributed by atoms with Crippen molar-refractivity contribution in [3.8, 4) is 23.0 Å². The van der Waals surface area contributed by atoms with Crippen LogP contribution in [0.5, 0.6) is 23.0 Å². The van der Waals surface area contributed by atoms with Crippen molar-refractivity contribution in [1.29, 1.82) is 0 Å². The third-order valence-electron chi connectivity index (χ3n) is 5.93. The molecule has 3 aromatic carbocycles. The van der Waals surface area contributed by atoms with Crippen molar-refractivity contribution in [3.63, 3.8) is 0 Å². The lowest BCUT2D eigenvalue weighted by atomic mass is 9.99. The number of nitrogens with one attached hydrogen (secondary N) is 1. The van der Waals surface area contributed by atoms with Crippen molar-refractivity contribution < 1.29 is 32.9 Å². The Bertz CT molecular complexity index is 1320. The van der Waals surface area contributed by atoms with Gasteiger partial charge in [0.15, 0.2) is 23.0 Å². The standard InChI is InChI=1S/C29H31FN2O6/c1-29(2,3)31-27(33)26(19-7-10-21(30)11-8-19)32(16-18-6-12-23-25(14-18)38-17-37-23)28(34)20-9-13-22(35-4)24(15-20)36-5/h6-15,26H,16-17H2,1-5H3,(H,31,33)/t26-/m0/s1. The highest BCUT2D eigenvalue weighted by atomic mass is 19.1. The molecule has 3 aromatic rings. The van der Waals surface area contributed by atoms with Gasteiger partial charge in [0, 0.05) is 17.6 Å². The largest absolute Gasteiger partial charge is 0.493 e. The Morgan fingerprint density at radius 3 is 2.29 bits per heavy atom. The lowest BCUT2D eigenvalue weighted by molar-refractivity contribution is -0.127. The molecule has 4 rings (SSSR count). The summed E-state index contributed by atoms with van der Waals surface area (Å²) >= 11 is 0. The Morgan fingerprint density at radius 1 is 0.947 bits per heavy atom. The van der Waals surface area contributed by atoms with Crippen LogP contribution in [0.4, 0.5) is 4.39 Å². The Labute approximate surface area is 221 Å². The number of methoxy groups -OCH3 is 2. The van der Waals surface area contributed by atoms with Crippen LogP contribution < -0.4 is 24.3 Å². The van der Waals surface area contributed by atoms with Crippen LogP contribution in [-0.4, -0.2) is 43.3 Å². The minimum absolute atomic E-state index is 0.0590. The van der Waals surface area contributed by atoms with Crippen LogP contribution in [0.1, 0.15) is 48.3 Å². The van der Waals surface area contributed by atoms with Crippen molar-refractivity contribution in [2.75, 3.05) is 21.0 Å². The SMILES string of the molecule is COc1ccc(C(=O)N(Cc2ccc3c(c2)OCO3)[C@H](C(=O)NC(C)(C)C)c2ccc(F)cc2)cc1OC. The number of benzene rings is 3. The molecule has 0 aliphatic carbocycles. The molecule has 0 aromatic heterocycles. The average Bonchev–Trinajstić information content (AvgIpc) is 3.35. The molecule has 0 spiro atoms. The molecule has 1 heterocycles. The quantitative estimate of drug-likeness (QED) is 0.454. The zero-order valence-electron chi connectivity index (χ0n) is 22.0. The fraction of sp³-hybridized carbons (Fsp3) is 0.310. The zero-order chi connectivity index (χ0) is 27.4. The first-order valence-corrected chi connectivity index (χ1v) is 12.1. The summed E-state index contributed by atoms with van der Waals surface area (Å²) in [5.74, 6) is 0.717. The molecule has 1 atom stereocenters. The number of carbonyl (C=O) groups is 2. The van der Waals surface area contributed by atoms with E-state index in [0.717, 1.165) is 5.56 Å². The number of rotatable bonds is 8. The first kappa shape index (κ1) is 26.8. The Hall–Kier alpha value is -4.27. The predicted molar refractivity (Wildman–Crippen MR) is 139 cm³/mol. The fourth-order valence-corrected chi connectivity index (χ4v) is 4.21. The van der Waals surface area contributed by atoms with E-state index in [0.29, 0.717) is 34.1 Å². The summed E-state index contributed by atoms with van der Waals surface area (Å²) in [6, 6.07) is 14.7. The summed E-state index contributed by atoms with van der Waals surface area (Å²) in [5.41, 5.74) is 0.895. The van der Waals surface area contributed by atoms with Crippen LogP contribution in [0.15, 0.2) is 60.7 Å². The number of hydrogen-bond donors (Lipinski definition) is 1. The third-order valence-corrected chi connectivity index (χ3v) is 5.93. The van der Waals surface area contributed by atoms with Crippen LogP contribution in [0.25, 0.3) is 0 Å². The number of halogens is 1. The van der Waals surface area contributed by atoms with E-state index in [-0.39, 0.29) is 13.3 Å². The van der Waals surface area contributed by atoms with E-state index in [1.807, 2.05) is 26.8 Å². The second kappa shape index (κ2) is 11.0. The summed E-state index contributed by atoms with van der Waals surface area (Å²) in [7, 11) is 2.99. The van der Waals surface area contributed by atoms with Gasteiger partial charge in [-0.3, -0.25) is 9.59 Å². The van der Waals surface area contributed by atoms with Gasteiger partial charge >= 0.3 is 0 Å². The lowest BCUT2D eigenvalue weighted by Gasteiger charge is -2.34. The van der Waals surface area contributed by atoms with E-state index in [1.165, 1.54) is 43.4 Å². The molecule has 1 aliphatic heterocycles. The minimum atomic E-state index is -1.07. The summed E-state index contributed by atoms with van der Waals surface area (Å²) < 4.78 is 35.5. The number of hydrogen-bond acceptors (Lipinski definition) is 6. The summed E-state index contributed by atoms with van der Waals surface area (Å²) in [5, 5.41) is 2.97. The van der Waals surface area contributed by atoms with Crippen molar-refractivity contribution in [3.05, 3.63) is 83.2 Å². The van der Waals surface area contributed by atoms with E-state index in [1.54, 1.807) is 30.3 Å². The minimum Gasteiger partial charge on any atom is -0.493 e. The van der Waals surface area contributed by atoms with E-state index >= 15 is 0 Å². The Morgan fingerprint density at radius 2 is 1.63 bits per heavy atom. The van der Waals surface area contributed by atoms with Crippen LogP contribution in [0, 0.1) is 5.82 Å². The Balaban J connectivity index is 1.82. The number of ether oxygens (including phenoxy) is 4. The molecule has 38 heavy (non-hydrogen) atoms. The third kappa shape index (κ3) is 5.99. The monoisotopic (exact) mass is 522 g/mol.